The number of benzene rings is 3. The van der Waals surface area contributed by atoms with Crippen molar-refractivity contribution in [2.24, 2.45) is 11.8 Å². The Balaban J connectivity index is 1.15. The van der Waals surface area contributed by atoms with Gasteiger partial charge in [0, 0.05) is 36.3 Å². The first kappa shape index (κ1) is 32.4. The Kier molecular flexibility index (Phi) is 9.90. The Morgan fingerprint density at radius 3 is 2.46 bits per heavy atom. The Hall–Kier alpha value is -3.55. The van der Waals surface area contributed by atoms with Crippen LogP contribution in [0.2, 0.25) is 0 Å². The zero-order chi connectivity index (χ0) is 32.4. The molecule has 0 bridgehead atoms. The lowest BCUT2D eigenvalue weighted by molar-refractivity contribution is -0.144. The van der Waals surface area contributed by atoms with Crippen LogP contribution in [0, 0.1) is 17.7 Å². The van der Waals surface area contributed by atoms with Crippen LogP contribution in [-0.4, -0.2) is 69.4 Å². The first-order valence-electron chi connectivity index (χ1n) is 17.2. The number of aromatic nitrogens is 2. The van der Waals surface area contributed by atoms with E-state index in [1.54, 1.807) is 6.07 Å². The molecule has 6 nitrogen and oxygen atoms in total. The second-order valence-electron chi connectivity index (χ2n) is 14.1. The highest BCUT2D eigenvalue weighted by Crippen LogP contribution is 2.44. The van der Waals surface area contributed by atoms with Gasteiger partial charge < -0.3 is 10.0 Å². The van der Waals surface area contributed by atoms with E-state index >= 15 is 0 Å². The van der Waals surface area contributed by atoms with Gasteiger partial charge in [0.25, 0.3) is 0 Å². The number of piperidine rings is 1. The van der Waals surface area contributed by atoms with Gasteiger partial charge in [-0.1, -0.05) is 62.4 Å². The number of carboxylic acids is 1. The highest BCUT2D eigenvalue weighted by atomic mass is 19.1. The number of hydrogen-bond donors (Lipinski definition) is 1. The minimum Gasteiger partial charge on any atom is -0.480 e. The average Bonchev–Trinajstić information content (AvgIpc) is 3.68. The highest BCUT2D eigenvalue weighted by Gasteiger charge is 2.41. The molecule has 7 heteroatoms. The predicted molar refractivity (Wildman–Crippen MR) is 184 cm³/mol. The van der Waals surface area contributed by atoms with Gasteiger partial charge in [0.15, 0.2) is 0 Å². The fourth-order valence-electron chi connectivity index (χ4n) is 8.16. The summed E-state index contributed by atoms with van der Waals surface area (Å²) < 4.78 is 16.6. The highest BCUT2D eigenvalue weighted by molar-refractivity contribution is 5.86. The van der Waals surface area contributed by atoms with Gasteiger partial charge in [-0.3, -0.25) is 14.4 Å². The second kappa shape index (κ2) is 14.1. The van der Waals surface area contributed by atoms with E-state index in [9.17, 15) is 14.3 Å². The molecular formula is C39H49FN4O2. The van der Waals surface area contributed by atoms with Gasteiger partial charge >= 0.3 is 5.97 Å². The standard InChI is InChI=1S/C39H49FN4O2/c1-5-44-37(24-36(41-44)31-14-13-27-9-6-7-10-29(27)20-31)28-15-17-43(18-16-28)25-32-22-34(42(4)38(39(45)46)19-26(2)3)23-35(32)30-11-8-12-33(40)21-30/h6-14,20-21,24,26,28,32,34-35,38H,5,15-19,22-23,25H2,1-4H3,(H,45,46)/t32?,34?,35?,38-/m1/s1. The summed E-state index contributed by atoms with van der Waals surface area (Å²) in [5.41, 5.74) is 4.57. The third-order valence-corrected chi connectivity index (χ3v) is 10.6. The Morgan fingerprint density at radius 1 is 1.00 bits per heavy atom. The summed E-state index contributed by atoms with van der Waals surface area (Å²) >= 11 is 0. The van der Waals surface area contributed by atoms with Crippen LogP contribution in [0.25, 0.3) is 22.0 Å². The average molecular weight is 625 g/mol. The van der Waals surface area contributed by atoms with Crippen molar-refractivity contribution >= 4 is 16.7 Å². The van der Waals surface area contributed by atoms with E-state index < -0.39 is 12.0 Å². The molecule has 46 heavy (non-hydrogen) atoms. The van der Waals surface area contributed by atoms with E-state index in [0.29, 0.717) is 24.2 Å². The molecule has 0 spiro atoms. The molecule has 2 aliphatic rings. The number of carboxylic acid groups (broad SMARTS) is 1. The van der Waals surface area contributed by atoms with Gasteiger partial charge in [0.2, 0.25) is 0 Å². The summed E-state index contributed by atoms with van der Waals surface area (Å²) in [6.07, 6.45) is 4.58. The van der Waals surface area contributed by atoms with E-state index in [2.05, 4.69) is 89.9 Å². The van der Waals surface area contributed by atoms with Crippen molar-refractivity contribution in [3.8, 4) is 11.3 Å². The molecule has 1 N–H and O–H groups in total. The Labute approximate surface area is 273 Å². The van der Waals surface area contributed by atoms with Gasteiger partial charge in [0.05, 0.1) is 5.69 Å². The van der Waals surface area contributed by atoms with E-state index in [1.807, 2.05) is 13.1 Å². The summed E-state index contributed by atoms with van der Waals surface area (Å²) in [7, 11) is 1.98. The lowest BCUT2D eigenvalue weighted by Crippen LogP contribution is -2.45. The number of aryl methyl sites for hydroxylation is 1. The first-order chi connectivity index (χ1) is 22.2. The Bertz CT molecular complexity index is 1640. The normalized spacial score (nSPS) is 21.8. The number of halogens is 1. The van der Waals surface area contributed by atoms with Crippen molar-refractivity contribution in [1.29, 1.82) is 0 Å². The van der Waals surface area contributed by atoms with Crippen molar-refractivity contribution < 1.29 is 14.3 Å². The molecule has 4 aromatic rings. The van der Waals surface area contributed by atoms with Crippen LogP contribution in [0.15, 0.2) is 72.8 Å². The quantitative estimate of drug-likeness (QED) is 0.183. The summed E-state index contributed by atoms with van der Waals surface area (Å²) in [6.45, 7) is 10.2. The SMILES string of the molecule is CCn1nc(-c2ccc3ccccc3c2)cc1C1CCN(CC2CC(N(C)[C@H](CC(C)C)C(=O)O)CC2c2cccc(F)c2)CC1. The van der Waals surface area contributed by atoms with Gasteiger partial charge in [-0.2, -0.15) is 5.10 Å². The molecule has 0 amide bonds. The number of fused-ring (bicyclic) bond motifs is 1. The fraction of sp³-hybridized carbons (Fsp3) is 0.487. The van der Waals surface area contributed by atoms with Crippen LogP contribution in [0.5, 0.6) is 0 Å². The molecule has 1 aliphatic heterocycles. The molecule has 4 atom stereocenters. The monoisotopic (exact) mass is 624 g/mol. The van der Waals surface area contributed by atoms with Crippen LogP contribution < -0.4 is 0 Å². The lowest BCUT2D eigenvalue weighted by atomic mass is 9.87. The molecule has 3 unspecified atom stereocenters. The third-order valence-electron chi connectivity index (χ3n) is 10.6. The first-order valence-corrected chi connectivity index (χ1v) is 17.2. The smallest absolute Gasteiger partial charge is 0.320 e. The van der Waals surface area contributed by atoms with Crippen molar-refractivity contribution in [2.75, 3.05) is 26.7 Å². The number of nitrogens with zero attached hydrogens (tertiary/aromatic N) is 4. The van der Waals surface area contributed by atoms with Gasteiger partial charge in [-0.25, -0.2) is 4.39 Å². The van der Waals surface area contributed by atoms with Crippen molar-refractivity contribution in [3.05, 3.63) is 89.9 Å². The van der Waals surface area contributed by atoms with Crippen molar-refractivity contribution in [1.82, 2.24) is 19.6 Å². The molecule has 1 saturated heterocycles. The van der Waals surface area contributed by atoms with Crippen LogP contribution in [0.1, 0.15) is 76.0 Å². The van der Waals surface area contributed by atoms with E-state index in [0.717, 1.165) is 68.7 Å². The zero-order valence-corrected chi connectivity index (χ0v) is 27.8. The van der Waals surface area contributed by atoms with Gasteiger partial charge in [-0.05, 0) is 118 Å². The summed E-state index contributed by atoms with van der Waals surface area (Å²) in [5.74, 6) is 0.368. The molecule has 2 heterocycles. The number of aliphatic carboxylic acids is 1. The van der Waals surface area contributed by atoms with Gasteiger partial charge in [-0.15, -0.1) is 0 Å². The second-order valence-corrected chi connectivity index (χ2v) is 14.1. The third kappa shape index (κ3) is 7.06. The summed E-state index contributed by atoms with van der Waals surface area (Å²) in [5, 5.41) is 17.6. The topological polar surface area (TPSA) is 61.6 Å². The minimum atomic E-state index is -0.751. The minimum absolute atomic E-state index is 0.156. The van der Waals surface area contributed by atoms with Crippen molar-refractivity contribution in [3.63, 3.8) is 0 Å². The van der Waals surface area contributed by atoms with Crippen molar-refractivity contribution in [2.45, 2.75) is 83.3 Å². The maximum Gasteiger partial charge on any atom is 0.320 e. The largest absolute Gasteiger partial charge is 0.480 e. The molecule has 1 aromatic heterocycles. The Morgan fingerprint density at radius 2 is 1.76 bits per heavy atom. The van der Waals surface area contributed by atoms with Crippen LogP contribution in [-0.2, 0) is 11.3 Å². The molecule has 244 valence electrons. The maximum absolute atomic E-state index is 14.4. The molecular weight excluding hydrogens is 575 g/mol. The van der Waals surface area contributed by atoms with E-state index in [-0.39, 0.29) is 17.8 Å². The maximum atomic E-state index is 14.4. The number of carbonyl (C=O) groups is 1. The number of likely N-dealkylation sites (N-methyl/N-ethyl adjacent to an activating group) is 1. The summed E-state index contributed by atoms with van der Waals surface area (Å²) in [4.78, 5) is 16.9. The van der Waals surface area contributed by atoms with E-state index in [4.69, 9.17) is 5.10 Å². The fourth-order valence-corrected chi connectivity index (χ4v) is 8.16. The molecule has 6 rings (SSSR count). The summed E-state index contributed by atoms with van der Waals surface area (Å²) in [6, 6.07) is 24.1. The van der Waals surface area contributed by atoms with Gasteiger partial charge in [0.1, 0.15) is 11.9 Å². The molecule has 1 aliphatic carbocycles. The van der Waals surface area contributed by atoms with E-state index in [1.165, 1.54) is 22.5 Å². The van der Waals surface area contributed by atoms with Crippen LogP contribution >= 0.6 is 0 Å². The zero-order valence-electron chi connectivity index (χ0n) is 27.8. The lowest BCUT2D eigenvalue weighted by Gasteiger charge is -2.35. The number of rotatable bonds is 11. The number of hydrogen-bond acceptors (Lipinski definition) is 4. The van der Waals surface area contributed by atoms with Crippen LogP contribution in [0.4, 0.5) is 4.39 Å². The number of likely N-dealkylation sites (tertiary alicyclic amines) is 1. The predicted octanol–water partition coefficient (Wildman–Crippen LogP) is 8.04. The molecule has 0 radical (unpaired) electrons. The van der Waals surface area contributed by atoms with Crippen LogP contribution in [0.3, 0.4) is 0 Å². The molecule has 1 saturated carbocycles. The molecule has 2 fully saturated rings. The molecule has 3 aromatic carbocycles.